The Labute approximate surface area is 246 Å². The number of benzene rings is 2. The number of rotatable bonds is 10. The molecule has 1 aromatic heterocycles. The van der Waals surface area contributed by atoms with E-state index in [0.717, 1.165) is 10.9 Å². The van der Waals surface area contributed by atoms with Gasteiger partial charge in [-0.25, -0.2) is 4.79 Å². The van der Waals surface area contributed by atoms with E-state index in [1.807, 2.05) is 35.7 Å². The third-order valence-corrected chi connectivity index (χ3v) is 8.24. The Morgan fingerprint density at radius 2 is 1.88 bits per heavy atom. The minimum atomic E-state index is -1.00. The number of thiophene rings is 1. The standard InChI is InChI=1S/C31H30N2O8S/c1-3-39-25-17-20(15-23(30(25)35)33(37)38)28-27(31(36)41-12-11-40-21-8-5-4-6-9-21)18(2)32-22-14-19(16-24(34)29(22)28)26-10-7-13-42-26/h4-10,13,15,17,19,28,32,35H,3,11-12,14,16H2,1-2H3/p-1. The lowest BCUT2D eigenvalue weighted by Gasteiger charge is -2.36. The first-order valence-corrected chi connectivity index (χ1v) is 14.4. The number of ether oxygens (including phenoxy) is 3. The molecule has 1 N–H and O–H groups in total. The maximum absolute atomic E-state index is 13.8. The highest BCUT2D eigenvalue weighted by molar-refractivity contribution is 7.10. The molecule has 42 heavy (non-hydrogen) atoms. The van der Waals surface area contributed by atoms with E-state index >= 15 is 0 Å². The lowest BCUT2D eigenvalue weighted by molar-refractivity contribution is -0.398. The summed E-state index contributed by atoms with van der Waals surface area (Å²) in [5, 5.41) is 29.8. The van der Waals surface area contributed by atoms with Gasteiger partial charge >= 0.3 is 5.97 Å². The van der Waals surface area contributed by atoms with Crippen molar-refractivity contribution in [3.63, 3.8) is 0 Å². The zero-order valence-electron chi connectivity index (χ0n) is 23.1. The highest BCUT2D eigenvalue weighted by Crippen LogP contribution is 2.48. The summed E-state index contributed by atoms with van der Waals surface area (Å²) < 4.78 is 16.7. The van der Waals surface area contributed by atoms with E-state index in [1.54, 1.807) is 37.3 Å². The van der Waals surface area contributed by atoms with E-state index in [2.05, 4.69) is 5.32 Å². The Morgan fingerprint density at radius 3 is 2.57 bits per heavy atom. The molecule has 2 atom stereocenters. The van der Waals surface area contributed by atoms with Crippen LogP contribution in [0, 0.1) is 10.1 Å². The molecule has 0 amide bonds. The van der Waals surface area contributed by atoms with E-state index < -0.39 is 28.2 Å². The molecule has 0 fully saturated rings. The summed E-state index contributed by atoms with van der Waals surface area (Å²) in [5.41, 5.74) is 1.09. The monoisotopic (exact) mass is 589 g/mol. The first kappa shape index (κ1) is 28.9. The number of nitro groups is 1. The topological polar surface area (TPSA) is 140 Å². The second-order valence-electron chi connectivity index (χ2n) is 9.89. The maximum Gasteiger partial charge on any atom is 0.336 e. The number of allylic oxidation sites excluding steroid dienone is 3. The number of hydrogen-bond donors (Lipinski definition) is 1. The number of para-hydroxylation sites is 1. The average molecular weight is 590 g/mol. The van der Waals surface area contributed by atoms with Gasteiger partial charge in [0.1, 0.15) is 24.7 Å². The molecule has 10 nitrogen and oxygen atoms in total. The van der Waals surface area contributed by atoms with Gasteiger partial charge in [-0.3, -0.25) is 14.9 Å². The number of nitro benzene ring substituents is 1. The summed E-state index contributed by atoms with van der Waals surface area (Å²) in [6, 6.07) is 15.5. The minimum Gasteiger partial charge on any atom is -0.865 e. The number of carbonyl (C=O) groups excluding carboxylic acids is 2. The molecule has 0 radical (unpaired) electrons. The predicted molar refractivity (Wildman–Crippen MR) is 154 cm³/mol. The normalized spacial score (nSPS) is 18.3. The molecule has 2 unspecified atom stereocenters. The fourth-order valence-corrected chi connectivity index (χ4v) is 6.26. The lowest BCUT2D eigenvalue weighted by Crippen LogP contribution is -2.36. The van der Waals surface area contributed by atoms with Crippen molar-refractivity contribution in [1.29, 1.82) is 0 Å². The van der Waals surface area contributed by atoms with Crippen LogP contribution < -0.4 is 19.9 Å². The van der Waals surface area contributed by atoms with Crippen LogP contribution in [0.5, 0.6) is 17.2 Å². The number of hydrogen-bond acceptors (Lipinski definition) is 10. The Hall–Kier alpha value is -4.64. The number of nitrogens with zero attached hydrogens (tertiary/aromatic N) is 1. The van der Waals surface area contributed by atoms with Gasteiger partial charge in [0.05, 0.1) is 17.1 Å². The van der Waals surface area contributed by atoms with Gasteiger partial charge in [-0.15, -0.1) is 11.3 Å². The molecule has 0 spiro atoms. The van der Waals surface area contributed by atoms with Crippen molar-refractivity contribution in [3.8, 4) is 17.2 Å². The molecule has 2 aromatic carbocycles. The Balaban J connectivity index is 1.52. The summed E-state index contributed by atoms with van der Waals surface area (Å²) >= 11 is 1.57. The van der Waals surface area contributed by atoms with Crippen LogP contribution in [0.25, 0.3) is 0 Å². The molecule has 218 valence electrons. The molecule has 2 aliphatic rings. The molecule has 2 heterocycles. The molecule has 0 saturated heterocycles. The van der Waals surface area contributed by atoms with Crippen LogP contribution in [0.3, 0.4) is 0 Å². The van der Waals surface area contributed by atoms with Gasteiger partial charge < -0.3 is 24.6 Å². The summed E-state index contributed by atoms with van der Waals surface area (Å²) in [6.07, 6.45) is 0.729. The van der Waals surface area contributed by atoms with Gasteiger partial charge in [-0.2, -0.15) is 0 Å². The van der Waals surface area contributed by atoms with Crippen molar-refractivity contribution >= 4 is 28.8 Å². The van der Waals surface area contributed by atoms with Crippen molar-refractivity contribution in [1.82, 2.24) is 5.32 Å². The molecule has 0 saturated carbocycles. The first-order chi connectivity index (χ1) is 20.3. The van der Waals surface area contributed by atoms with Crippen LogP contribution >= 0.6 is 11.3 Å². The second-order valence-corrected chi connectivity index (χ2v) is 10.9. The summed E-state index contributed by atoms with van der Waals surface area (Å²) in [7, 11) is 0. The van der Waals surface area contributed by atoms with Crippen LogP contribution in [-0.2, 0) is 14.3 Å². The smallest absolute Gasteiger partial charge is 0.336 e. The van der Waals surface area contributed by atoms with Gasteiger partial charge in [0.15, 0.2) is 5.78 Å². The molecule has 0 bridgehead atoms. The molecule has 1 aliphatic heterocycles. The molecule has 11 heteroatoms. The number of carbonyl (C=O) groups is 2. The lowest BCUT2D eigenvalue weighted by atomic mass is 9.72. The summed E-state index contributed by atoms with van der Waals surface area (Å²) in [6.45, 7) is 3.49. The minimum absolute atomic E-state index is 0.0434. The number of ketones is 1. The first-order valence-electron chi connectivity index (χ1n) is 13.5. The van der Waals surface area contributed by atoms with Crippen LogP contribution in [0.4, 0.5) is 5.69 Å². The van der Waals surface area contributed by atoms with Crippen LogP contribution in [0.1, 0.15) is 49.0 Å². The number of dihydropyridines is 1. The number of Topliss-reactive ketones (excluding diaryl/α,β-unsaturated/α-hetero) is 1. The van der Waals surface area contributed by atoms with Crippen molar-refractivity contribution in [2.24, 2.45) is 0 Å². The zero-order chi connectivity index (χ0) is 29.8. The number of nitrogens with one attached hydrogen (secondary N) is 1. The van der Waals surface area contributed by atoms with Crippen molar-refractivity contribution < 1.29 is 33.8 Å². The van der Waals surface area contributed by atoms with Gasteiger partial charge in [0.25, 0.3) is 5.69 Å². The van der Waals surface area contributed by atoms with E-state index in [9.17, 15) is 24.8 Å². The molecule has 1 aliphatic carbocycles. The zero-order valence-corrected chi connectivity index (χ0v) is 23.9. The van der Waals surface area contributed by atoms with Crippen molar-refractivity contribution in [2.45, 2.75) is 38.5 Å². The third-order valence-electron chi connectivity index (χ3n) is 7.21. The summed E-state index contributed by atoms with van der Waals surface area (Å²) in [5.74, 6) is -2.40. The van der Waals surface area contributed by atoms with Crippen LogP contribution in [0.15, 0.2) is 82.5 Å². The van der Waals surface area contributed by atoms with E-state index in [4.69, 9.17) is 14.2 Å². The van der Waals surface area contributed by atoms with E-state index in [-0.39, 0.29) is 54.8 Å². The highest BCUT2D eigenvalue weighted by atomic mass is 32.1. The fraction of sp³-hybridized carbons (Fsp3) is 0.290. The van der Waals surface area contributed by atoms with Gasteiger partial charge in [0, 0.05) is 51.9 Å². The molecule has 3 aromatic rings. The van der Waals surface area contributed by atoms with Gasteiger partial charge in [0.2, 0.25) is 0 Å². The largest absolute Gasteiger partial charge is 0.865 e. The quantitative estimate of drug-likeness (QED) is 0.148. The Bertz CT molecular complexity index is 1560. The van der Waals surface area contributed by atoms with Gasteiger partial charge in [-0.1, -0.05) is 24.3 Å². The summed E-state index contributed by atoms with van der Waals surface area (Å²) in [4.78, 5) is 39.5. The highest BCUT2D eigenvalue weighted by Gasteiger charge is 2.42. The van der Waals surface area contributed by atoms with Crippen LogP contribution in [-0.4, -0.2) is 36.5 Å². The average Bonchev–Trinajstić information content (AvgIpc) is 3.51. The van der Waals surface area contributed by atoms with Gasteiger partial charge in [-0.05, 0) is 55.5 Å². The number of esters is 1. The Kier molecular flexibility index (Phi) is 8.58. The SMILES string of the molecule is CCOc1cc(C2C(C(=O)OCCOc3ccccc3)=C(C)NC3=C2C(=O)CC(c2cccs2)C3)cc([N+](=O)[O-])c1[O-]. The van der Waals surface area contributed by atoms with Crippen LogP contribution in [0.2, 0.25) is 0 Å². The second kappa shape index (κ2) is 12.5. The predicted octanol–water partition coefficient (Wildman–Crippen LogP) is 5.11. The molecular formula is C31H29N2O8S-. The molecule has 5 rings (SSSR count). The van der Waals surface area contributed by atoms with E-state index in [1.165, 1.54) is 6.07 Å². The van der Waals surface area contributed by atoms with Crippen molar-refractivity contribution in [3.05, 3.63) is 103 Å². The Morgan fingerprint density at radius 1 is 1.10 bits per heavy atom. The van der Waals surface area contributed by atoms with Crippen molar-refractivity contribution in [2.75, 3.05) is 19.8 Å². The maximum atomic E-state index is 13.8. The van der Waals surface area contributed by atoms with E-state index in [0.29, 0.717) is 29.1 Å². The molecular weight excluding hydrogens is 560 g/mol. The third kappa shape index (κ3) is 5.87. The fourth-order valence-electron chi connectivity index (χ4n) is 5.43.